The summed E-state index contributed by atoms with van der Waals surface area (Å²) in [4.78, 5) is 14.6. The Hall–Kier alpha value is -1.10. The fourth-order valence-corrected chi connectivity index (χ4v) is 2.60. The number of methoxy groups -OCH3 is 1. The SMILES string of the molecule is COCCN(CCc1ccccc1)C(=O)C(C)C1CNC1.Cl. The molecule has 1 fully saturated rings. The molecule has 2 rings (SSSR count). The Labute approximate surface area is 139 Å². The third-order valence-corrected chi connectivity index (χ3v) is 4.30. The van der Waals surface area contributed by atoms with Crippen LogP contribution in [0.15, 0.2) is 30.3 Å². The van der Waals surface area contributed by atoms with Gasteiger partial charge < -0.3 is 15.0 Å². The second-order valence-corrected chi connectivity index (χ2v) is 5.76. The van der Waals surface area contributed by atoms with Gasteiger partial charge in [0.25, 0.3) is 0 Å². The Morgan fingerprint density at radius 2 is 2.00 bits per heavy atom. The molecule has 1 amide bonds. The maximum atomic E-state index is 12.6. The summed E-state index contributed by atoms with van der Waals surface area (Å²) in [5.74, 6) is 0.840. The van der Waals surface area contributed by atoms with Gasteiger partial charge >= 0.3 is 0 Å². The second-order valence-electron chi connectivity index (χ2n) is 5.76. The van der Waals surface area contributed by atoms with Crippen LogP contribution in [-0.2, 0) is 16.0 Å². The smallest absolute Gasteiger partial charge is 0.225 e. The van der Waals surface area contributed by atoms with Crippen LogP contribution in [0.2, 0.25) is 0 Å². The van der Waals surface area contributed by atoms with E-state index in [0.717, 1.165) is 26.1 Å². The Morgan fingerprint density at radius 1 is 1.32 bits per heavy atom. The summed E-state index contributed by atoms with van der Waals surface area (Å²) in [6.07, 6.45) is 0.895. The van der Waals surface area contributed by atoms with Crippen molar-refractivity contribution in [3.8, 4) is 0 Å². The van der Waals surface area contributed by atoms with Gasteiger partial charge in [-0.15, -0.1) is 12.4 Å². The first-order valence-electron chi connectivity index (χ1n) is 7.74. The van der Waals surface area contributed by atoms with Crippen molar-refractivity contribution in [3.63, 3.8) is 0 Å². The van der Waals surface area contributed by atoms with E-state index >= 15 is 0 Å². The van der Waals surface area contributed by atoms with Gasteiger partial charge in [0.15, 0.2) is 0 Å². The fourth-order valence-electron chi connectivity index (χ4n) is 2.60. The minimum atomic E-state index is 0. The van der Waals surface area contributed by atoms with E-state index in [1.807, 2.05) is 23.1 Å². The number of carbonyl (C=O) groups excluding carboxylic acids is 1. The van der Waals surface area contributed by atoms with Crippen molar-refractivity contribution < 1.29 is 9.53 Å². The number of halogens is 1. The molecule has 1 saturated heterocycles. The molecule has 1 aliphatic heterocycles. The molecule has 0 bridgehead atoms. The number of carbonyl (C=O) groups is 1. The number of benzene rings is 1. The lowest BCUT2D eigenvalue weighted by atomic mass is 9.88. The third kappa shape index (κ3) is 5.27. The molecule has 1 atom stereocenters. The van der Waals surface area contributed by atoms with Crippen LogP contribution in [0.1, 0.15) is 12.5 Å². The molecule has 0 saturated carbocycles. The standard InChI is InChI=1S/C17H26N2O2.ClH/c1-14(16-12-18-13-16)17(20)19(10-11-21-2)9-8-15-6-4-3-5-7-15;/h3-7,14,16,18H,8-13H2,1-2H3;1H. The largest absolute Gasteiger partial charge is 0.383 e. The van der Waals surface area contributed by atoms with Gasteiger partial charge in [-0.25, -0.2) is 0 Å². The van der Waals surface area contributed by atoms with Crippen LogP contribution < -0.4 is 5.32 Å². The van der Waals surface area contributed by atoms with Crippen molar-refractivity contribution in [2.45, 2.75) is 13.3 Å². The van der Waals surface area contributed by atoms with Crippen LogP contribution in [0.4, 0.5) is 0 Å². The van der Waals surface area contributed by atoms with Crippen LogP contribution in [0.5, 0.6) is 0 Å². The first-order chi connectivity index (χ1) is 10.2. The van der Waals surface area contributed by atoms with Crippen LogP contribution in [0.25, 0.3) is 0 Å². The Balaban J connectivity index is 0.00000242. The summed E-state index contributed by atoms with van der Waals surface area (Å²) >= 11 is 0. The number of hydrogen-bond acceptors (Lipinski definition) is 3. The number of ether oxygens (including phenoxy) is 1. The maximum absolute atomic E-state index is 12.6. The molecule has 0 spiro atoms. The van der Waals surface area contributed by atoms with Crippen molar-refractivity contribution in [1.29, 1.82) is 0 Å². The van der Waals surface area contributed by atoms with Gasteiger partial charge in [0, 0.05) is 26.1 Å². The summed E-state index contributed by atoms with van der Waals surface area (Å²) in [5.41, 5.74) is 1.27. The van der Waals surface area contributed by atoms with Gasteiger partial charge in [-0.2, -0.15) is 0 Å². The molecule has 0 aliphatic carbocycles. The normalized spacial score (nSPS) is 15.5. The average Bonchev–Trinajstić information content (AvgIpc) is 2.46. The molecule has 22 heavy (non-hydrogen) atoms. The molecule has 1 heterocycles. The molecule has 1 aromatic rings. The van der Waals surface area contributed by atoms with Crippen LogP contribution in [0, 0.1) is 11.8 Å². The van der Waals surface area contributed by atoms with Gasteiger partial charge in [0.1, 0.15) is 0 Å². The first-order valence-corrected chi connectivity index (χ1v) is 7.74. The fraction of sp³-hybridized carbons (Fsp3) is 0.588. The Kier molecular flexibility index (Phi) is 8.46. The monoisotopic (exact) mass is 326 g/mol. The van der Waals surface area contributed by atoms with Crippen LogP contribution in [-0.4, -0.2) is 50.7 Å². The molecule has 0 radical (unpaired) electrons. The lowest BCUT2D eigenvalue weighted by Crippen LogP contribution is -2.51. The average molecular weight is 327 g/mol. The third-order valence-electron chi connectivity index (χ3n) is 4.30. The van der Waals surface area contributed by atoms with E-state index in [0.29, 0.717) is 19.1 Å². The maximum Gasteiger partial charge on any atom is 0.225 e. The molecule has 1 N–H and O–H groups in total. The summed E-state index contributed by atoms with van der Waals surface area (Å²) < 4.78 is 5.15. The second kappa shape index (κ2) is 9.82. The molecule has 124 valence electrons. The first kappa shape index (κ1) is 18.9. The summed E-state index contributed by atoms with van der Waals surface area (Å²) in [6.45, 7) is 6.00. The molecule has 4 nitrogen and oxygen atoms in total. The topological polar surface area (TPSA) is 41.6 Å². The van der Waals surface area contributed by atoms with Crippen LogP contribution in [0.3, 0.4) is 0 Å². The number of amides is 1. The highest BCUT2D eigenvalue weighted by Crippen LogP contribution is 2.18. The van der Waals surface area contributed by atoms with Gasteiger partial charge in [0.05, 0.1) is 6.61 Å². The predicted molar refractivity (Wildman–Crippen MR) is 91.4 cm³/mol. The van der Waals surface area contributed by atoms with E-state index in [4.69, 9.17) is 4.74 Å². The van der Waals surface area contributed by atoms with Gasteiger partial charge in [-0.3, -0.25) is 4.79 Å². The molecular weight excluding hydrogens is 300 g/mol. The Bertz CT molecular complexity index is 438. The molecular formula is C17H27ClN2O2. The molecule has 1 aliphatic rings. The van der Waals surface area contributed by atoms with Crippen LogP contribution >= 0.6 is 12.4 Å². The van der Waals surface area contributed by atoms with Gasteiger partial charge in [0.2, 0.25) is 5.91 Å². The highest BCUT2D eigenvalue weighted by Gasteiger charge is 2.31. The van der Waals surface area contributed by atoms with Crippen molar-refractivity contribution in [1.82, 2.24) is 10.2 Å². The van der Waals surface area contributed by atoms with Crippen molar-refractivity contribution in [2.24, 2.45) is 11.8 Å². The number of rotatable bonds is 8. The Morgan fingerprint density at radius 3 is 2.55 bits per heavy atom. The molecule has 1 unspecified atom stereocenters. The summed E-state index contributed by atoms with van der Waals surface area (Å²) in [5, 5.41) is 3.24. The number of hydrogen-bond donors (Lipinski definition) is 1. The minimum Gasteiger partial charge on any atom is -0.383 e. The van der Waals surface area contributed by atoms with E-state index in [2.05, 4.69) is 24.4 Å². The number of nitrogens with zero attached hydrogens (tertiary/aromatic N) is 1. The molecule has 0 aromatic heterocycles. The zero-order valence-corrected chi connectivity index (χ0v) is 14.3. The lowest BCUT2D eigenvalue weighted by molar-refractivity contribution is -0.138. The van der Waals surface area contributed by atoms with Gasteiger partial charge in [-0.1, -0.05) is 37.3 Å². The number of nitrogens with one attached hydrogen (secondary N) is 1. The highest BCUT2D eigenvalue weighted by atomic mass is 35.5. The van der Waals surface area contributed by atoms with Gasteiger partial charge in [-0.05, 0) is 31.0 Å². The minimum absolute atomic E-state index is 0. The highest BCUT2D eigenvalue weighted by molar-refractivity contribution is 5.85. The zero-order valence-electron chi connectivity index (χ0n) is 13.5. The summed E-state index contributed by atoms with van der Waals surface area (Å²) in [6, 6.07) is 10.3. The van der Waals surface area contributed by atoms with E-state index in [1.54, 1.807) is 7.11 Å². The van der Waals surface area contributed by atoms with E-state index < -0.39 is 0 Å². The predicted octanol–water partition coefficient (Wildman–Crippen LogP) is 1.98. The van der Waals surface area contributed by atoms with E-state index in [9.17, 15) is 4.79 Å². The van der Waals surface area contributed by atoms with Crippen molar-refractivity contribution in [2.75, 3.05) is 39.9 Å². The molecule has 5 heteroatoms. The zero-order chi connectivity index (χ0) is 15.1. The van der Waals surface area contributed by atoms with E-state index in [-0.39, 0.29) is 24.2 Å². The molecule has 1 aromatic carbocycles. The van der Waals surface area contributed by atoms with E-state index in [1.165, 1.54) is 5.56 Å². The van der Waals surface area contributed by atoms with Crippen molar-refractivity contribution in [3.05, 3.63) is 35.9 Å². The lowest BCUT2D eigenvalue weighted by Gasteiger charge is -2.35. The van der Waals surface area contributed by atoms with Crippen molar-refractivity contribution >= 4 is 18.3 Å². The summed E-state index contributed by atoms with van der Waals surface area (Å²) in [7, 11) is 1.68. The quantitative estimate of drug-likeness (QED) is 0.794.